The Morgan fingerprint density at radius 3 is 2.60 bits per heavy atom. The normalized spacial score (nSPS) is 15.2. The standard InChI is InChI=1S/C20H29N7O3/c1-14-10-21-20(22-11-14)27-7-5-26(6-8-27)18(28)4-9-30-13-15(2)24-17-12-23-25-19(29)16(17)3/h10-12,15H,4-9,13H2,1-3H3,(H2,24,25,29)/t15-/m0/s1. The third-order valence-corrected chi connectivity index (χ3v) is 5.02. The third kappa shape index (κ3) is 5.76. The van der Waals surface area contributed by atoms with Crippen molar-refractivity contribution < 1.29 is 9.53 Å². The molecular formula is C20H29N7O3. The zero-order chi connectivity index (χ0) is 21.5. The lowest BCUT2D eigenvalue weighted by molar-refractivity contribution is -0.132. The van der Waals surface area contributed by atoms with Gasteiger partial charge in [-0.2, -0.15) is 5.10 Å². The number of nitrogens with zero attached hydrogens (tertiary/aromatic N) is 5. The van der Waals surface area contributed by atoms with Crippen LogP contribution >= 0.6 is 0 Å². The molecule has 162 valence electrons. The summed E-state index contributed by atoms with van der Waals surface area (Å²) in [5.74, 6) is 0.804. The predicted molar refractivity (Wildman–Crippen MR) is 114 cm³/mol. The maximum Gasteiger partial charge on any atom is 0.269 e. The molecule has 2 N–H and O–H groups in total. The summed E-state index contributed by atoms with van der Waals surface area (Å²) >= 11 is 0. The Morgan fingerprint density at radius 2 is 1.90 bits per heavy atom. The van der Waals surface area contributed by atoms with Gasteiger partial charge in [-0.25, -0.2) is 15.1 Å². The third-order valence-electron chi connectivity index (χ3n) is 5.02. The van der Waals surface area contributed by atoms with Gasteiger partial charge in [-0.3, -0.25) is 9.59 Å². The Morgan fingerprint density at radius 1 is 1.20 bits per heavy atom. The summed E-state index contributed by atoms with van der Waals surface area (Å²) in [7, 11) is 0. The first kappa shape index (κ1) is 21.7. The minimum Gasteiger partial charge on any atom is -0.379 e. The van der Waals surface area contributed by atoms with E-state index >= 15 is 0 Å². The van der Waals surface area contributed by atoms with E-state index in [4.69, 9.17) is 4.74 Å². The number of hydrogen-bond donors (Lipinski definition) is 2. The highest BCUT2D eigenvalue weighted by Crippen LogP contribution is 2.12. The molecule has 30 heavy (non-hydrogen) atoms. The van der Waals surface area contributed by atoms with Crippen molar-refractivity contribution in [2.45, 2.75) is 33.2 Å². The second-order valence-corrected chi connectivity index (χ2v) is 7.54. The van der Waals surface area contributed by atoms with Crippen LogP contribution in [-0.2, 0) is 9.53 Å². The zero-order valence-electron chi connectivity index (χ0n) is 17.7. The molecule has 10 nitrogen and oxygen atoms in total. The highest BCUT2D eigenvalue weighted by molar-refractivity contribution is 5.76. The van der Waals surface area contributed by atoms with Gasteiger partial charge in [-0.15, -0.1) is 0 Å². The number of amides is 1. The molecule has 0 radical (unpaired) electrons. The molecule has 10 heteroatoms. The predicted octanol–water partition coefficient (Wildman–Crippen LogP) is 0.733. The molecule has 2 aromatic rings. The van der Waals surface area contributed by atoms with Crippen molar-refractivity contribution in [3.8, 4) is 0 Å². The number of carbonyl (C=O) groups excluding carboxylic acids is 1. The lowest BCUT2D eigenvalue weighted by Crippen LogP contribution is -2.49. The number of piperazine rings is 1. The molecule has 3 heterocycles. The van der Waals surface area contributed by atoms with Gasteiger partial charge in [0.1, 0.15) is 0 Å². The van der Waals surface area contributed by atoms with E-state index in [1.807, 2.05) is 18.7 Å². The molecule has 1 aliphatic rings. The van der Waals surface area contributed by atoms with E-state index in [0.29, 0.717) is 49.9 Å². The molecule has 1 saturated heterocycles. The first-order valence-corrected chi connectivity index (χ1v) is 10.1. The molecular weight excluding hydrogens is 386 g/mol. The maximum absolute atomic E-state index is 12.4. The fourth-order valence-corrected chi connectivity index (χ4v) is 3.19. The number of rotatable bonds is 8. The fraction of sp³-hybridized carbons (Fsp3) is 0.550. The van der Waals surface area contributed by atoms with E-state index in [1.165, 1.54) is 0 Å². The monoisotopic (exact) mass is 415 g/mol. The molecule has 0 aromatic carbocycles. The van der Waals surface area contributed by atoms with Crippen LogP contribution in [0.1, 0.15) is 24.5 Å². The van der Waals surface area contributed by atoms with Crippen LogP contribution in [-0.4, -0.2) is 76.4 Å². The lowest BCUT2D eigenvalue weighted by atomic mass is 10.2. The highest BCUT2D eigenvalue weighted by atomic mass is 16.5. The van der Waals surface area contributed by atoms with E-state index in [-0.39, 0.29) is 17.5 Å². The van der Waals surface area contributed by atoms with Crippen LogP contribution in [0, 0.1) is 13.8 Å². The number of H-pyrrole nitrogens is 1. The SMILES string of the molecule is Cc1cnc(N2CCN(C(=O)CCOC[C@H](C)Nc3cn[nH]c(=O)c3C)CC2)nc1. The van der Waals surface area contributed by atoms with Crippen LogP contribution in [0.3, 0.4) is 0 Å². The molecule has 0 saturated carbocycles. The van der Waals surface area contributed by atoms with Crippen molar-refractivity contribution in [3.05, 3.63) is 40.1 Å². The molecule has 1 atom stereocenters. The Kier molecular flexibility index (Phi) is 7.34. The number of ether oxygens (including phenoxy) is 1. The largest absolute Gasteiger partial charge is 0.379 e. The fourth-order valence-electron chi connectivity index (χ4n) is 3.19. The quantitative estimate of drug-likeness (QED) is 0.606. The number of anilines is 2. The van der Waals surface area contributed by atoms with Crippen LogP contribution in [0.4, 0.5) is 11.6 Å². The number of carbonyl (C=O) groups is 1. The van der Waals surface area contributed by atoms with Gasteiger partial charge in [0.2, 0.25) is 11.9 Å². The van der Waals surface area contributed by atoms with Gasteiger partial charge in [0.25, 0.3) is 5.56 Å². The number of nitrogens with one attached hydrogen (secondary N) is 2. The Hall–Kier alpha value is -3.01. The van der Waals surface area contributed by atoms with Crippen LogP contribution in [0.25, 0.3) is 0 Å². The van der Waals surface area contributed by atoms with E-state index in [2.05, 4.69) is 30.4 Å². The summed E-state index contributed by atoms with van der Waals surface area (Å²) in [5, 5.41) is 9.40. The lowest BCUT2D eigenvalue weighted by Gasteiger charge is -2.34. The van der Waals surface area contributed by atoms with Crippen molar-refractivity contribution >= 4 is 17.5 Å². The van der Waals surface area contributed by atoms with Crippen molar-refractivity contribution in [1.82, 2.24) is 25.1 Å². The van der Waals surface area contributed by atoms with E-state index in [0.717, 1.165) is 18.7 Å². The number of aromatic amines is 1. The minimum atomic E-state index is -0.215. The van der Waals surface area contributed by atoms with Gasteiger partial charge in [-0.1, -0.05) is 0 Å². The van der Waals surface area contributed by atoms with Gasteiger partial charge in [0, 0.05) is 50.2 Å². The van der Waals surface area contributed by atoms with Crippen molar-refractivity contribution in [3.63, 3.8) is 0 Å². The average molecular weight is 415 g/mol. The zero-order valence-corrected chi connectivity index (χ0v) is 17.7. The first-order chi connectivity index (χ1) is 14.4. The topological polar surface area (TPSA) is 116 Å². The van der Waals surface area contributed by atoms with Crippen molar-refractivity contribution in [1.29, 1.82) is 0 Å². The molecule has 0 aliphatic carbocycles. The molecule has 1 fully saturated rings. The van der Waals surface area contributed by atoms with Gasteiger partial charge in [0.05, 0.1) is 31.5 Å². The van der Waals surface area contributed by atoms with Crippen LogP contribution in [0.5, 0.6) is 0 Å². The molecule has 2 aromatic heterocycles. The van der Waals surface area contributed by atoms with Crippen LogP contribution in [0.2, 0.25) is 0 Å². The van der Waals surface area contributed by atoms with Gasteiger partial charge in [-0.05, 0) is 26.3 Å². The van der Waals surface area contributed by atoms with Crippen molar-refractivity contribution in [2.75, 3.05) is 49.6 Å². The summed E-state index contributed by atoms with van der Waals surface area (Å²) in [6.07, 6.45) is 5.54. The highest BCUT2D eigenvalue weighted by Gasteiger charge is 2.22. The number of hydrogen-bond acceptors (Lipinski definition) is 8. The Labute approximate surface area is 175 Å². The van der Waals surface area contributed by atoms with E-state index in [9.17, 15) is 9.59 Å². The number of aromatic nitrogens is 4. The minimum absolute atomic E-state index is 0.0135. The molecule has 0 spiro atoms. The van der Waals surface area contributed by atoms with Gasteiger partial charge >= 0.3 is 0 Å². The molecule has 1 aliphatic heterocycles. The maximum atomic E-state index is 12.4. The van der Waals surface area contributed by atoms with Crippen LogP contribution < -0.4 is 15.8 Å². The van der Waals surface area contributed by atoms with Gasteiger partial charge in [0.15, 0.2) is 0 Å². The molecule has 1 amide bonds. The second-order valence-electron chi connectivity index (χ2n) is 7.54. The Bertz CT molecular complexity index is 892. The molecule has 0 bridgehead atoms. The summed E-state index contributed by atoms with van der Waals surface area (Å²) < 4.78 is 5.65. The Balaban J connectivity index is 1.34. The van der Waals surface area contributed by atoms with E-state index in [1.54, 1.807) is 25.5 Å². The second kappa shape index (κ2) is 10.1. The number of aryl methyl sites for hydroxylation is 1. The first-order valence-electron chi connectivity index (χ1n) is 10.1. The average Bonchev–Trinajstić information content (AvgIpc) is 2.75. The van der Waals surface area contributed by atoms with Crippen LogP contribution in [0.15, 0.2) is 23.4 Å². The van der Waals surface area contributed by atoms with E-state index < -0.39 is 0 Å². The van der Waals surface area contributed by atoms with Crippen molar-refractivity contribution in [2.24, 2.45) is 0 Å². The molecule has 0 unspecified atom stereocenters. The summed E-state index contributed by atoms with van der Waals surface area (Å²) in [6, 6.07) is -0.0135. The molecule has 3 rings (SSSR count). The summed E-state index contributed by atoms with van der Waals surface area (Å²) in [4.78, 5) is 36.7. The smallest absolute Gasteiger partial charge is 0.269 e. The van der Waals surface area contributed by atoms with Gasteiger partial charge < -0.3 is 19.9 Å². The summed E-state index contributed by atoms with van der Waals surface area (Å²) in [5.41, 5.74) is 2.08. The summed E-state index contributed by atoms with van der Waals surface area (Å²) in [6.45, 7) is 9.19.